The summed E-state index contributed by atoms with van der Waals surface area (Å²) in [6.45, 7) is 1.55. The molecule has 0 amide bonds. The number of ether oxygens (including phenoxy) is 1. The lowest BCUT2D eigenvalue weighted by atomic mass is 10.1. The van der Waals surface area contributed by atoms with Crippen LogP contribution in [0.3, 0.4) is 0 Å². The Morgan fingerprint density at radius 1 is 1.20 bits per heavy atom. The minimum absolute atomic E-state index is 0.171. The normalized spacial score (nSPS) is 14.0. The second kappa shape index (κ2) is 4.18. The van der Waals surface area contributed by atoms with Crippen molar-refractivity contribution in [3.05, 3.63) is 35.1 Å². The monoisotopic (exact) mass is 222 g/mol. The van der Waals surface area contributed by atoms with Crippen LogP contribution < -0.4 is 0 Å². The van der Waals surface area contributed by atoms with Gasteiger partial charge >= 0.3 is 6.18 Å². The van der Waals surface area contributed by atoms with E-state index in [4.69, 9.17) is 4.74 Å². The van der Waals surface area contributed by atoms with Gasteiger partial charge < -0.3 is 4.74 Å². The molecule has 0 saturated heterocycles. The van der Waals surface area contributed by atoms with Crippen LogP contribution in [0.5, 0.6) is 0 Å². The van der Waals surface area contributed by atoms with Crippen LogP contribution in [0.25, 0.3) is 0 Å². The maximum Gasteiger partial charge on any atom is 0.416 e. The van der Waals surface area contributed by atoms with Crippen LogP contribution >= 0.6 is 0 Å². The van der Waals surface area contributed by atoms with Crippen molar-refractivity contribution in [1.82, 2.24) is 0 Å². The molecule has 1 aromatic carbocycles. The lowest BCUT2D eigenvalue weighted by Crippen LogP contribution is -2.07. The van der Waals surface area contributed by atoms with Gasteiger partial charge in [0.1, 0.15) is 5.82 Å². The molecular weight excluding hydrogens is 212 g/mol. The number of hydrogen-bond donors (Lipinski definition) is 0. The molecule has 1 aromatic rings. The number of alkyl halides is 3. The van der Waals surface area contributed by atoms with Crippen molar-refractivity contribution < 1.29 is 22.3 Å². The average molecular weight is 222 g/mol. The van der Waals surface area contributed by atoms with Crippen LogP contribution in [0.1, 0.15) is 24.2 Å². The first-order chi connectivity index (χ1) is 6.84. The Labute approximate surface area is 84.7 Å². The molecule has 0 bridgehead atoms. The molecule has 0 spiro atoms. The highest BCUT2D eigenvalue weighted by Gasteiger charge is 2.31. The van der Waals surface area contributed by atoms with Crippen molar-refractivity contribution in [1.29, 1.82) is 0 Å². The van der Waals surface area contributed by atoms with E-state index in [1.54, 1.807) is 6.92 Å². The van der Waals surface area contributed by atoms with E-state index >= 15 is 0 Å². The highest BCUT2D eigenvalue weighted by molar-refractivity contribution is 5.28. The quantitative estimate of drug-likeness (QED) is 0.695. The van der Waals surface area contributed by atoms with E-state index in [0.29, 0.717) is 6.07 Å². The van der Waals surface area contributed by atoms with Crippen molar-refractivity contribution in [2.75, 3.05) is 7.11 Å². The second-order valence-electron chi connectivity index (χ2n) is 3.15. The summed E-state index contributed by atoms with van der Waals surface area (Å²) in [5, 5.41) is 0. The fraction of sp³-hybridized carbons (Fsp3) is 0.400. The largest absolute Gasteiger partial charge is 0.416 e. The summed E-state index contributed by atoms with van der Waals surface area (Å²) >= 11 is 0. The van der Waals surface area contributed by atoms with Gasteiger partial charge in [-0.3, -0.25) is 0 Å². The summed E-state index contributed by atoms with van der Waals surface area (Å²) in [6, 6.07) is 2.38. The third-order valence-electron chi connectivity index (χ3n) is 2.07. The van der Waals surface area contributed by atoms with Gasteiger partial charge in [0.2, 0.25) is 0 Å². The van der Waals surface area contributed by atoms with Crippen LogP contribution in [0.2, 0.25) is 0 Å². The van der Waals surface area contributed by atoms with Gasteiger partial charge in [0.25, 0.3) is 0 Å². The van der Waals surface area contributed by atoms with Gasteiger partial charge in [-0.1, -0.05) is 0 Å². The molecule has 1 atom stereocenters. The third-order valence-corrected chi connectivity index (χ3v) is 2.07. The Hall–Kier alpha value is -1.10. The number of methoxy groups -OCH3 is 1. The topological polar surface area (TPSA) is 9.23 Å². The Morgan fingerprint density at radius 2 is 1.80 bits per heavy atom. The van der Waals surface area contributed by atoms with Gasteiger partial charge in [-0.2, -0.15) is 13.2 Å². The summed E-state index contributed by atoms with van der Waals surface area (Å²) in [6.07, 6.45) is -5.11. The van der Waals surface area contributed by atoms with Crippen molar-refractivity contribution in [2.45, 2.75) is 19.2 Å². The fourth-order valence-corrected chi connectivity index (χ4v) is 1.15. The molecule has 1 rings (SSSR count). The van der Waals surface area contributed by atoms with E-state index in [1.807, 2.05) is 0 Å². The zero-order valence-corrected chi connectivity index (χ0v) is 8.23. The molecule has 0 aliphatic heterocycles. The first kappa shape index (κ1) is 12.0. The molecule has 0 N–H and O–H groups in total. The summed E-state index contributed by atoms with van der Waals surface area (Å²) in [7, 11) is 1.35. The summed E-state index contributed by atoms with van der Waals surface area (Å²) < 4.78 is 54.6. The molecule has 0 saturated carbocycles. The third kappa shape index (κ3) is 2.92. The lowest BCUT2D eigenvalue weighted by Gasteiger charge is -2.13. The molecule has 15 heavy (non-hydrogen) atoms. The van der Waals surface area contributed by atoms with Gasteiger partial charge in [0, 0.05) is 7.11 Å². The first-order valence-corrected chi connectivity index (χ1v) is 4.25. The standard InChI is InChI=1S/C10H10F4O/c1-6(15-2)7-3-8(10(12,13)14)5-9(11)4-7/h3-6H,1-2H3. The number of halogens is 4. The van der Waals surface area contributed by atoms with E-state index in [2.05, 4.69) is 0 Å². The average Bonchev–Trinajstić information content (AvgIpc) is 2.14. The Morgan fingerprint density at radius 3 is 2.27 bits per heavy atom. The van der Waals surface area contributed by atoms with Gasteiger partial charge in [0.05, 0.1) is 11.7 Å². The maximum atomic E-state index is 12.9. The smallest absolute Gasteiger partial charge is 0.377 e. The molecule has 0 radical (unpaired) electrons. The molecule has 0 aliphatic carbocycles. The molecule has 0 aromatic heterocycles. The van der Waals surface area contributed by atoms with E-state index in [0.717, 1.165) is 12.1 Å². The number of benzene rings is 1. The Kier molecular flexibility index (Phi) is 3.34. The van der Waals surface area contributed by atoms with Gasteiger partial charge in [-0.25, -0.2) is 4.39 Å². The van der Waals surface area contributed by atoms with Crippen LogP contribution in [-0.2, 0) is 10.9 Å². The maximum absolute atomic E-state index is 12.9. The molecule has 5 heteroatoms. The molecule has 84 valence electrons. The highest BCUT2D eigenvalue weighted by atomic mass is 19.4. The van der Waals surface area contributed by atoms with Crippen LogP contribution in [0, 0.1) is 5.82 Å². The highest BCUT2D eigenvalue weighted by Crippen LogP contribution is 2.32. The van der Waals surface area contributed by atoms with Crippen molar-refractivity contribution in [2.24, 2.45) is 0 Å². The van der Waals surface area contributed by atoms with E-state index in [-0.39, 0.29) is 5.56 Å². The molecular formula is C10H10F4O. The zero-order valence-electron chi connectivity index (χ0n) is 8.23. The SMILES string of the molecule is COC(C)c1cc(F)cc(C(F)(F)F)c1. The van der Waals surface area contributed by atoms with E-state index < -0.39 is 23.7 Å². The van der Waals surface area contributed by atoms with Crippen molar-refractivity contribution in [3.63, 3.8) is 0 Å². The Bertz CT molecular complexity index is 346. The summed E-state index contributed by atoms with van der Waals surface area (Å²) in [5.41, 5.74) is -0.828. The minimum atomic E-state index is -4.54. The number of rotatable bonds is 2. The van der Waals surface area contributed by atoms with Crippen molar-refractivity contribution in [3.8, 4) is 0 Å². The number of hydrogen-bond acceptors (Lipinski definition) is 1. The van der Waals surface area contributed by atoms with Crippen LogP contribution in [0.15, 0.2) is 18.2 Å². The predicted octanol–water partition coefficient (Wildman–Crippen LogP) is 3.55. The molecule has 0 fully saturated rings. The van der Waals surface area contributed by atoms with Gasteiger partial charge in [0.15, 0.2) is 0 Å². The molecule has 0 heterocycles. The summed E-state index contributed by atoms with van der Waals surface area (Å²) in [5.74, 6) is -0.913. The minimum Gasteiger partial charge on any atom is -0.377 e. The van der Waals surface area contributed by atoms with E-state index in [1.165, 1.54) is 7.11 Å². The molecule has 1 unspecified atom stereocenters. The first-order valence-electron chi connectivity index (χ1n) is 4.25. The van der Waals surface area contributed by atoms with Crippen LogP contribution in [-0.4, -0.2) is 7.11 Å². The van der Waals surface area contributed by atoms with E-state index in [9.17, 15) is 17.6 Å². The Balaban J connectivity index is 3.17. The fourth-order valence-electron chi connectivity index (χ4n) is 1.15. The lowest BCUT2D eigenvalue weighted by molar-refractivity contribution is -0.137. The molecule has 1 nitrogen and oxygen atoms in total. The van der Waals surface area contributed by atoms with Crippen LogP contribution in [0.4, 0.5) is 17.6 Å². The van der Waals surface area contributed by atoms with Gasteiger partial charge in [-0.05, 0) is 30.7 Å². The van der Waals surface area contributed by atoms with Gasteiger partial charge in [-0.15, -0.1) is 0 Å². The molecule has 0 aliphatic rings. The second-order valence-corrected chi connectivity index (χ2v) is 3.15. The van der Waals surface area contributed by atoms with Crippen molar-refractivity contribution >= 4 is 0 Å². The predicted molar refractivity (Wildman–Crippen MR) is 46.8 cm³/mol. The summed E-state index contributed by atoms with van der Waals surface area (Å²) in [4.78, 5) is 0. The zero-order chi connectivity index (χ0) is 11.6.